The maximum Gasteiger partial charge on any atom is 2.00 e. The third kappa shape index (κ3) is 3.10. The van der Waals surface area contributed by atoms with Gasteiger partial charge in [0.05, 0.1) is 5.69 Å². The molecule has 4 nitrogen and oxygen atoms in total. The Kier molecular flexibility index (Phi) is 4.85. The first-order valence-electron chi connectivity index (χ1n) is 2.84. The summed E-state index contributed by atoms with van der Waals surface area (Å²) in [6, 6.07) is 5.72. The molecule has 3 N–H and O–H groups in total. The van der Waals surface area contributed by atoms with Gasteiger partial charge in [-0.25, -0.2) is 0 Å². The summed E-state index contributed by atoms with van der Waals surface area (Å²) in [5.74, 6) is 0. The summed E-state index contributed by atoms with van der Waals surface area (Å²) in [6.07, 6.45) is 0. The first-order chi connectivity index (χ1) is 5.02. The minimum Gasteiger partial charge on any atom is -1.00 e. The van der Waals surface area contributed by atoms with Crippen LogP contribution in [0.1, 0.15) is 2.85 Å². The zero-order chi connectivity index (χ0) is 8.48. The van der Waals surface area contributed by atoms with Gasteiger partial charge in [0.2, 0.25) is 0 Å². The van der Waals surface area contributed by atoms with E-state index in [2.05, 4.69) is 0 Å². The van der Waals surface area contributed by atoms with Crippen molar-refractivity contribution in [2.75, 3.05) is 5.73 Å². The van der Waals surface area contributed by atoms with E-state index in [1.165, 1.54) is 18.2 Å². The molecule has 0 unspecified atom stereocenters. The van der Waals surface area contributed by atoms with Gasteiger partial charge < -0.3 is 8.59 Å². The third-order valence-corrected chi connectivity index (χ3v) is 2.12. The molecule has 6 heteroatoms. The van der Waals surface area contributed by atoms with E-state index in [1.54, 1.807) is 6.07 Å². The summed E-state index contributed by atoms with van der Waals surface area (Å²) in [7, 11) is -4.16. The average molecular weight is 313 g/mol. The number of nitrogen functional groups attached to an aromatic ring is 1. The summed E-state index contributed by atoms with van der Waals surface area (Å²) >= 11 is 0. The average Bonchev–Trinajstić information content (AvgIpc) is 1.86. The molecule has 0 fully saturated rings. The van der Waals surface area contributed by atoms with Crippen molar-refractivity contribution < 1.29 is 15.8 Å². The van der Waals surface area contributed by atoms with E-state index in [9.17, 15) is 8.42 Å². The minimum absolute atomic E-state index is 0. The Morgan fingerprint density at radius 3 is 2.17 bits per heavy atom. The molecule has 0 aliphatic rings. The van der Waals surface area contributed by atoms with Crippen LogP contribution in [0.4, 0.5) is 5.69 Å². The molecule has 0 atom stereocenters. The van der Waals surface area contributed by atoms with Crippen molar-refractivity contribution in [3.63, 3.8) is 0 Å². The number of hydrogen-bond acceptors (Lipinski definition) is 3. The van der Waals surface area contributed by atoms with Crippen LogP contribution in [0.25, 0.3) is 0 Å². The van der Waals surface area contributed by atoms with Crippen molar-refractivity contribution >= 4 is 64.7 Å². The summed E-state index contributed by atoms with van der Waals surface area (Å²) in [5.41, 5.74) is 5.32. The minimum atomic E-state index is -4.16. The van der Waals surface area contributed by atoms with E-state index in [4.69, 9.17) is 10.3 Å². The molecule has 12 heavy (non-hydrogen) atoms. The summed E-state index contributed by atoms with van der Waals surface area (Å²) < 4.78 is 29.6. The van der Waals surface area contributed by atoms with Gasteiger partial charge >= 0.3 is 48.9 Å². The number of rotatable bonds is 1. The zero-order valence-electron chi connectivity index (χ0n) is 8.27. The Bertz CT molecular complexity index is 371. The van der Waals surface area contributed by atoms with Crippen LogP contribution < -0.4 is 5.73 Å². The van der Waals surface area contributed by atoms with Gasteiger partial charge in [0, 0.05) is 0 Å². The van der Waals surface area contributed by atoms with Crippen LogP contribution in [0.2, 0.25) is 0 Å². The van der Waals surface area contributed by atoms with Gasteiger partial charge in [-0.1, -0.05) is 12.1 Å². The molecule has 64 valence electrons. The number of hydrogen-bond donors (Lipinski definition) is 2. The van der Waals surface area contributed by atoms with Crippen molar-refractivity contribution in [2.24, 2.45) is 0 Å². The van der Waals surface area contributed by atoms with Gasteiger partial charge in [0.1, 0.15) is 4.90 Å². The van der Waals surface area contributed by atoms with Crippen LogP contribution in [0.15, 0.2) is 29.2 Å². The fourth-order valence-corrected chi connectivity index (χ4v) is 1.33. The van der Waals surface area contributed by atoms with E-state index >= 15 is 0 Å². The Morgan fingerprint density at radius 1 is 1.33 bits per heavy atom. The van der Waals surface area contributed by atoms with Crippen LogP contribution in [0.3, 0.4) is 0 Å². The number of para-hydroxylation sites is 1. The number of anilines is 1. The van der Waals surface area contributed by atoms with Crippen LogP contribution in [0.5, 0.6) is 0 Å². The zero-order valence-corrected chi connectivity index (χ0v) is 11.5. The monoisotopic (exact) mass is 313 g/mol. The third-order valence-electron chi connectivity index (χ3n) is 1.20. The van der Waals surface area contributed by atoms with Crippen LogP contribution in [0, 0.1) is 0 Å². The predicted octanol–water partition coefficient (Wildman–Crippen LogP) is 0.360. The molecule has 0 bridgehead atoms. The molecule has 0 radical (unpaired) electrons. The van der Waals surface area contributed by atoms with Gasteiger partial charge in [-0.15, -0.1) is 0 Å². The second kappa shape index (κ2) is 4.66. The normalized spacial score (nSPS) is 10.4. The van der Waals surface area contributed by atoms with Crippen LogP contribution in [-0.4, -0.2) is 61.9 Å². The predicted molar refractivity (Wildman–Crippen MR) is 48.6 cm³/mol. The summed E-state index contributed by atoms with van der Waals surface area (Å²) in [6.45, 7) is 0. The largest absolute Gasteiger partial charge is 2.00 e. The van der Waals surface area contributed by atoms with E-state index in [-0.39, 0.29) is 62.3 Å². The Morgan fingerprint density at radius 2 is 1.83 bits per heavy atom. The fourth-order valence-electron chi connectivity index (χ4n) is 0.715. The molecule has 0 spiro atoms. The van der Waals surface area contributed by atoms with Crippen molar-refractivity contribution in [1.29, 1.82) is 0 Å². The van der Waals surface area contributed by atoms with Gasteiger partial charge in [-0.05, 0) is 12.1 Å². The summed E-state index contributed by atoms with van der Waals surface area (Å²) in [4.78, 5) is -0.250. The fraction of sp³-hybridized carbons (Fsp3) is 0. The van der Waals surface area contributed by atoms with Crippen molar-refractivity contribution in [2.45, 2.75) is 4.90 Å². The van der Waals surface area contributed by atoms with E-state index < -0.39 is 10.1 Å². The molecule has 0 saturated carbocycles. The molecule has 0 amide bonds. The van der Waals surface area contributed by atoms with Crippen LogP contribution in [-0.2, 0) is 10.1 Å². The topological polar surface area (TPSA) is 80.4 Å². The second-order valence-electron chi connectivity index (χ2n) is 2.01. The second-order valence-corrected chi connectivity index (χ2v) is 3.40. The molecule has 1 aromatic rings. The first-order valence-corrected chi connectivity index (χ1v) is 4.28. The molecule has 0 aromatic heterocycles. The maximum absolute atomic E-state index is 10.5. The number of nitrogens with two attached hydrogens (primary N) is 1. The molecule has 0 aliphatic carbocycles. The number of benzene rings is 1. The Balaban J connectivity index is -0.000000403. The molecule has 1 rings (SSSR count). The van der Waals surface area contributed by atoms with Gasteiger partial charge in [-0.2, -0.15) is 8.42 Å². The quantitative estimate of drug-likeness (QED) is 0.446. The van der Waals surface area contributed by atoms with E-state index in [1.807, 2.05) is 0 Å². The molecule has 0 aliphatic heterocycles. The first kappa shape index (κ1) is 12.5. The molecule has 0 heterocycles. The van der Waals surface area contributed by atoms with Crippen molar-refractivity contribution in [3.8, 4) is 0 Å². The van der Waals surface area contributed by atoms with Gasteiger partial charge in [-0.3, -0.25) is 4.55 Å². The smallest absolute Gasteiger partial charge is 1.00 e. The van der Waals surface area contributed by atoms with Gasteiger partial charge in [0.15, 0.2) is 0 Å². The van der Waals surface area contributed by atoms with Crippen molar-refractivity contribution in [1.82, 2.24) is 0 Å². The molecule has 1 aromatic carbocycles. The van der Waals surface area contributed by atoms with Gasteiger partial charge in [0.25, 0.3) is 10.1 Å². The summed E-state index contributed by atoms with van der Waals surface area (Å²) in [5, 5.41) is 0. The maximum atomic E-state index is 10.5. The van der Waals surface area contributed by atoms with Crippen molar-refractivity contribution in [3.05, 3.63) is 24.3 Å². The van der Waals surface area contributed by atoms with E-state index in [0.717, 1.165) is 0 Å². The SMILES string of the molecule is Nc1ccccc1S(=O)(=O)O.[Ba+2].[H-].[H-]. The molecule has 0 saturated heterocycles. The molecular weight excluding hydrogens is 303 g/mol. The van der Waals surface area contributed by atoms with Crippen LogP contribution >= 0.6 is 0 Å². The standard InChI is InChI=1S/C6H7NO3S.Ba.2H/c7-5-3-1-2-4-6(5)11(8,9)10;;;/h1-4H,7H2,(H,8,9,10);;;/q;+2;2*-1. The Hall–Kier alpha value is 0.501. The van der Waals surface area contributed by atoms with E-state index in [0.29, 0.717) is 0 Å². The molecular formula is C6H9BaNO3S. The Labute approximate surface area is 114 Å².